The second kappa shape index (κ2) is 11.8. The lowest BCUT2D eigenvalue weighted by molar-refractivity contribution is -0.123. The number of methoxy groups -OCH3 is 2. The summed E-state index contributed by atoms with van der Waals surface area (Å²) in [6.07, 6.45) is 3.53. The number of esters is 1. The van der Waals surface area contributed by atoms with Gasteiger partial charge in [-0.3, -0.25) is 4.79 Å². The number of hydrazone groups is 1. The predicted octanol–water partition coefficient (Wildman–Crippen LogP) is 2.79. The molecule has 0 bridgehead atoms. The fourth-order valence-electron chi connectivity index (χ4n) is 3.13. The highest BCUT2D eigenvalue weighted by atomic mass is 32.2. The highest BCUT2D eigenvalue weighted by Gasteiger charge is 2.21. The van der Waals surface area contributed by atoms with E-state index < -0.39 is 17.6 Å². The first kappa shape index (κ1) is 25.5. The summed E-state index contributed by atoms with van der Waals surface area (Å²) in [4.78, 5) is 43.8. The van der Waals surface area contributed by atoms with E-state index in [0.29, 0.717) is 11.3 Å². The van der Waals surface area contributed by atoms with Crippen LogP contribution in [0.1, 0.15) is 21.6 Å². The van der Waals surface area contributed by atoms with Gasteiger partial charge in [0.25, 0.3) is 5.91 Å². The van der Waals surface area contributed by atoms with E-state index in [9.17, 15) is 14.4 Å². The monoisotopic (exact) mass is 496 g/mol. The highest BCUT2D eigenvalue weighted by Crippen LogP contribution is 2.33. The zero-order valence-corrected chi connectivity index (χ0v) is 20.4. The van der Waals surface area contributed by atoms with Gasteiger partial charge in [-0.15, -0.1) is 11.8 Å². The van der Waals surface area contributed by atoms with Crippen LogP contribution in [0, 0.1) is 6.92 Å². The quantitative estimate of drug-likeness (QED) is 0.200. The summed E-state index contributed by atoms with van der Waals surface area (Å²) < 4.78 is 15.8. The van der Waals surface area contributed by atoms with Crippen LogP contribution in [0.25, 0.3) is 11.3 Å². The molecule has 2 N–H and O–H groups in total. The van der Waals surface area contributed by atoms with Crippen molar-refractivity contribution in [3.63, 3.8) is 0 Å². The van der Waals surface area contributed by atoms with E-state index in [1.54, 1.807) is 36.9 Å². The number of aromatic nitrogens is 2. The summed E-state index contributed by atoms with van der Waals surface area (Å²) in [6, 6.07) is 12.4. The minimum absolute atomic E-state index is 0.128. The van der Waals surface area contributed by atoms with Crippen molar-refractivity contribution >= 4 is 29.9 Å². The molecule has 0 saturated heterocycles. The molecule has 1 heterocycles. The molecule has 0 atom stereocenters. The van der Waals surface area contributed by atoms with Crippen LogP contribution in [-0.2, 0) is 9.53 Å². The van der Waals surface area contributed by atoms with Gasteiger partial charge in [0.15, 0.2) is 18.1 Å². The number of aromatic amines is 1. The predicted molar refractivity (Wildman–Crippen MR) is 132 cm³/mol. The molecule has 0 aliphatic heterocycles. The number of hydrogen-bond donors (Lipinski definition) is 2. The van der Waals surface area contributed by atoms with Gasteiger partial charge >= 0.3 is 11.7 Å². The van der Waals surface area contributed by atoms with Gasteiger partial charge in [-0.25, -0.2) is 15.0 Å². The summed E-state index contributed by atoms with van der Waals surface area (Å²) in [6.45, 7) is 1.27. The molecule has 0 spiro atoms. The molecular weight excluding hydrogens is 472 g/mol. The van der Waals surface area contributed by atoms with Crippen molar-refractivity contribution in [1.82, 2.24) is 15.4 Å². The number of thioether (sulfide) groups is 1. The number of ether oxygens (including phenoxy) is 3. The minimum atomic E-state index is -0.641. The molecule has 0 aliphatic rings. The van der Waals surface area contributed by atoms with Crippen molar-refractivity contribution in [2.45, 2.75) is 11.8 Å². The molecule has 0 unspecified atom stereocenters. The number of carbonyl (C=O) groups excluding carboxylic acids is 2. The van der Waals surface area contributed by atoms with E-state index in [2.05, 4.69) is 20.5 Å². The number of nitrogens with one attached hydrogen (secondary N) is 2. The van der Waals surface area contributed by atoms with Crippen LogP contribution in [0.2, 0.25) is 0 Å². The Hall–Kier alpha value is -4.12. The van der Waals surface area contributed by atoms with Gasteiger partial charge in [-0.1, -0.05) is 12.1 Å². The average molecular weight is 497 g/mol. The molecule has 35 heavy (non-hydrogen) atoms. The fourth-order valence-corrected chi connectivity index (χ4v) is 3.53. The Morgan fingerprint density at radius 3 is 2.54 bits per heavy atom. The normalized spacial score (nSPS) is 10.7. The van der Waals surface area contributed by atoms with Crippen LogP contribution in [0.15, 0.2) is 57.3 Å². The van der Waals surface area contributed by atoms with Gasteiger partial charge in [0.2, 0.25) is 0 Å². The molecule has 10 nitrogen and oxygen atoms in total. The lowest BCUT2D eigenvalue weighted by Gasteiger charge is -2.13. The van der Waals surface area contributed by atoms with Crippen LogP contribution in [0.3, 0.4) is 0 Å². The van der Waals surface area contributed by atoms with Crippen molar-refractivity contribution < 1.29 is 23.8 Å². The summed E-state index contributed by atoms with van der Waals surface area (Å²) in [5.74, 6) is -0.543. The molecule has 0 aliphatic carbocycles. The third kappa shape index (κ3) is 6.48. The number of carbonyl (C=O) groups is 2. The maximum Gasteiger partial charge on any atom is 0.345 e. The molecule has 2 aromatic carbocycles. The summed E-state index contributed by atoms with van der Waals surface area (Å²) in [7, 11) is 2.67. The zero-order valence-electron chi connectivity index (χ0n) is 19.6. The number of nitrogens with zero attached hydrogens (tertiary/aromatic N) is 2. The average Bonchev–Trinajstić information content (AvgIpc) is 2.86. The van der Waals surface area contributed by atoms with E-state index >= 15 is 0 Å². The molecule has 1 amide bonds. The Kier molecular flexibility index (Phi) is 8.63. The topological polar surface area (TPSA) is 132 Å². The number of aryl methyl sites for hydroxylation is 1. The van der Waals surface area contributed by atoms with Crippen LogP contribution < -0.4 is 20.6 Å². The largest absolute Gasteiger partial charge is 0.493 e. The van der Waals surface area contributed by atoms with Crippen LogP contribution in [0.4, 0.5) is 0 Å². The standard InChI is InChI=1S/C24H24N4O6S/c1-14-21(23(30)33-3)22(27-24(31)26-14)16-7-10-18(19(11-16)32-2)34-13-20(29)28-25-12-15-5-8-17(35-4)9-6-15/h5-12H,13H2,1-4H3,(H,28,29)(H,26,27,31)/b25-12+. The van der Waals surface area contributed by atoms with Gasteiger partial charge < -0.3 is 19.2 Å². The highest BCUT2D eigenvalue weighted by molar-refractivity contribution is 7.98. The van der Waals surface area contributed by atoms with E-state index in [1.165, 1.54) is 20.4 Å². The summed E-state index contributed by atoms with van der Waals surface area (Å²) in [5.41, 5.74) is 3.66. The second-order valence-corrected chi connectivity index (χ2v) is 7.98. The summed E-state index contributed by atoms with van der Waals surface area (Å²) >= 11 is 1.64. The lowest BCUT2D eigenvalue weighted by atomic mass is 10.0. The van der Waals surface area contributed by atoms with Crippen molar-refractivity contribution in [3.05, 3.63) is 69.8 Å². The molecular formula is C24H24N4O6S. The van der Waals surface area contributed by atoms with E-state index in [-0.39, 0.29) is 29.4 Å². The number of benzene rings is 2. The van der Waals surface area contributed by atoms with Crippen molar-refractivity contribution in [3.8, 4) is 22.8 Å². The first-order valence-electron chi connectivity index (χ1n) is 10.3. The first-order chi connectivity index (χ1) is 16.9. The van der Waals surface area contributed by atoms with Crippen molar-refractivity contribution in [1.29, 1.82) is 0 Å². The SMILES string of the molecule is COC(=O)c1c(-c2ccc(OCC(=O)N/N=C/c3ccc(SC)cc3)c(OC)c2)nc(=O)[nH]c1C. The van der Waals surface area contributed by atoms with Crippen molar-refractivity contribution in [2.24, 2.45) is 5.10 Å². The van der Waals surface area contributed by atoms with Gasteiger partial charge in [0.1, 0.15) is 5.56 Å². The second-order valence-electron chi connectivity index (χ2n) is 7.10. The van der Waals surface area contributed by atoms with Crippen LogP contribution >= 0.6 is 11.8 Å². The molecule has 3 rings (SSSR count). The Morgan fingerprint density at radius 1 is 1.14 bits per heavy atom. The molecule has 182 valence electrons. The summed E-state index contributed by atoms with van der Waals surface area (Å²) in [5, 5.41) is 3.93. The lowest BCUT2D eigenvalue weighted by Crippen LogP contribution is -2.24. The molecule has 0 saturated carbocycles. The third-order valence-corrected chi connectivity index (χ3v) is 5.57. The Labute approximate surface area is 205 Å². The molecule has 1 aromatic heterocycles. The maximum absolute atomic E-state index is 12.2. The molecule has 3 aromatic rings. The number of hydrogen-bond acceptors (Lipinski definition) is 9. The van der Waals surface area contributed by atoms with Crippen LogP contribution in [-0.4, -0.2) is 55.1 Å². The van der Waals surface area contributed by atoms with Gasteiger partial charge in [0.05, 0.1) is 26.1 Å². The smallest absolute Gasteiger partial charge is 0.345 e. The van der Waals surface area contributed by atoms with E-state index in [1.807, 2.05) is 30.5 Å². The van der Waals surface area contributed by atoms with Gasteiger partial charge in [0, 0.05) is 16.2 Å². The molecule has 0 radical (unpaired) electrons. The Balaban J connectivity index is 1.71. The van der Waals surface area contributed by atoms with E-state index in [0.717, 1.165) is 10.5 Å². The Morgan fingerprint density at radius 2 is 1.89 bits per heavy atom. The third-order valence-electron chi connectivity index (χ3n) is 4.82. The first-order valence-corrected chi connectivity index (χ1v) is 11.5. The number of H-pyrrole nitrogens is 1. The van der Waals surface area contributed by atoms with E-state index in [4.69, 9.17) is 14.2 Å². The number of rotatable bonds is 9. The Bertz CT molecular complexity index is 1300. The van der Waals surface area contributed by atoms with Crippen LogP contribution in [0.5, 0.6) is 11.5 Å². The minimum Gasteiger partial charge on any atom is -0.493 e. The molecule has 0 fully saturated rings. The molecule has 11 heteroatoms. The fraction of sp³-hybridized carbons (Fsp3) is 0.208. The maximum atomic E-state index is 12.2. The zero-order chi connectivity index (χ0) is 25.4. The number of amides is 1. The van der Waals surface area contributed by atoms with Gasteiger partial charge in [-0.2, -0.15) is 10.1 Å². The van der Waals surface area contributed by atoms with Gasteiger partial charge in [-0.05, 0) is 49.1 Å². The van der Waals surface area contributed by atoms with Crippen molar-refractivity contribution in [2.75, 3.05) is 27.1 Å².